The first-order chi connectivity index (χ1) is 8.95. The van der Waals surface area contributed by atoms with Gasteiger partial charge < -0.3 is 10.6 Å². The van der Waals surface area contributed by atoms with Crippen LogP contribution in [0.1, 0.15) is 6.42 Å². The van der Waals surface area contributed by atoms with Crippen molar-refractivity contribution < 1.29 is 17.6 Å². The molecule has 0 radical (unpaired) electrons. The Bertz CT molecular complexity index is 520. The molecule has 0 heterocycles. The fourth-order valence-electron chi connectivity index (χ4n) is 1.41. The van der Waals surface area contributed by atoms with E-state index in [1.165, 1.54) is 12.1 Å². The lowest BCUT2D eigenvalue weighted by atomic mass is 10.4. The van der Waals surface area contributed by atoms with Gasteiger partial charge in [-0.2, -0.15) is 0 Å². The predicted octanol–water partition coefficient (Wildman–Crippen LogP) is 0.747. The first kappa shape index (κ1) is 18.8. The van der Waals surface area contributed by atoms with E-state index in [-0.39, 0.29) is 35.5 Å². The molecule has 0 aliphatic carbocycles. The Morgan fingerprint density at radius 3 is 2.35 bits per heavy atom. The van der Waals surface area contributed by atoms with E-state index in [1.807, 2.05) is 0 Å². The molecular formula is C12H18ClFN2O3S. The topological polar surface area (TPSA) is 75.3 Å². The molecule has 20 heavy (non-hydrogen) atoms. The molecule has 1 aromatic carbocycles. The fraction of sp³-hybridized carbons (Fsp3) is 0.417. The summed E-state index contributed by atoms with van der Waals surface area (Å²) in [5.41, 5.74) is 0. The van der Waals surface area contributed by atoms with Gasteiger partial charge in [0, 0.05) is 19.5 Å². The van der Waals surface area contributed by atoms with E-state index in [9.17, 15) is 17.6 Å². The Balaban J connectivity index is 0.00000361. The van der Waals surface area contributed by atoms with E-state index in [2.05, 4.69) is 10.6 Å². The van der Waals surface area contributed by atoms with Crippen molar-refractivity contribution in [2.24, 2.45) is 0 Å². The second-order valence-corrected chi connectivity index (χ2v) is 6.09. The van der Waals surface area contributed by atoms with Gasteiger partial charge in [0.2, 0.25) is 5.91 Å². The molecule has 0 spiro atoms. The second kappa shape index (κ2) is 8.89. The van der Waals surface area contributed by atoms with E-state index in [0.717, 1.165) is 12.1 Å². The lowest BCUT2D eigenvalue weighted by Gasteiger charge is -2.06. The van der Waals surface area contributed by atoms with Crippen LogP contribution >= 0.6 is 12.4 Å². The van der Waals surface area contributed by atoms with Gasteiger partial charge in [0.05, 0.1) is 10.6 Å². The molecule has 1 aromatic rings. The number of carbonyl (C=O) groups excluding carboxylic acids is 1. The van der Waals surface area contributed by atoms with Crippen LogP contribution in [0.15, 0.2) is 29.2 Å². The highest BCUT2D eigenvalue weighted by atomic mass is 35.5. The summed E-state index contributed by atoms with van der Waals surface area (Å²) >= 11 is 0. The highest BCUT2D eigenvalue weighted by Gasteiger charge is 2.14. The molecular weight excluding hydrogens is 307 g/mol. The highest BCUT2D eigenvalue weighted by Crippen LogP contribution is 2.11. The van der Waals surface area contributed by atoms with Crippen LogP contribution in [0.4, 0.5) is 4.39 Å². The van der Waals surface area contributed by atoms with E-state index in [4.69, 9.17) is 0 Å². The zero-order valence-electron chi connectivity index (χ0n) is 11.1. The lowest BCUT2D eigenvalue weighted by molar-refractivity contribution is -0.120. The van der Waals surface area contributed by atoms with Gasteiger partial charge in [-0.3, -0.25) is 4.79 Å². The van der Waals surface area contributed by atoms with Gasteiger partial charge in [-0.15, -0.1) is 12.4 Å². The molecule has 0 bridgehead atoms. The minimum absolute atomic E-state index is 0. The van der Waals surface area contributed by atoms with E-state index in [0.29, 0.717) is 13.0 Å². The van der Waals surface area contributed by atoms with Crippen molar-refractivity contribution in [3.63, 3.8) is 0 Å². The van der Waals surface area contributed by atoms with Crippen molar-refractivity contribution in [2.45, 2.75) is 11.3 Å². The Labute approximate surface area is 124 Å². The summed E-state index contributed by atoms with van der Waals surface area (Å²) < 4.78 is 36.4. The summed E-state index contributed by atoms with van der Waals surface area (Å²) in [6.45, 7) is 0.582. The number of halogens is 2. The number of carbonyl (C=O) groups is 1. The molecule has 0 aliphatic rings. The molecule has 0 unspecified atom stereocenters. The molecule has 0 atom stereocenters. The number of amides is 1. The average Bonchev–Trinajstić information content (AvgIpc) is 2.36. The molecule has 1 amide bonds. The van der Waals surface area contributed by atoms with Crippen LogP contribution < -0.4 is 10.6 Å². The van der Waals surface area contributed by atoms with Crippen LogP contribution in [-0.2, 0) is 14.6 Å². The molecule has 8 heteroatoms. The van der Waals surface area contributed by atoms with Gasteiger partial charge >= 0.3 is 0 Å². The number of sulfone groups is 1. The summed E-state index contributed by atoms with van der Waals surface area (Å²) in [6.07, 6.45) is 0.299. The van der Waals surface area contributed by atoms with Crippen LogP contribution in [0.2, 0.25) is 0 Å². The Morgan fingerprint density at radius 2 is 1.80 bits per heavy atom. The molecule has 0 saturated carbocycles. The van der Waals surface area contributed by atoms with E-state index >= 15 is 0 Å². The van der Waals surface area contributed by atoms with Crippen molar-refractivity contribution in [1.82, 2.24) is 10.6 Å². The van der Waals surface area contributed by atoms with Crippen molar-refractivity contribution in [2.75, 3.05) is 25.9 Å². The Morgan fingerprint density at radius 1 is 1.20 bits per heavy atom. The van der Waals surface area contributed by atoms with Crippen LogP contribution in [0, 0.1) is 5.82 Å². The highest BCUT2D eigenvalue weighted by molar-refractivity contribution is 7.91. The van der Waals surface area contributed by atoms with Crippen LogP contribution in [0.5, 0.6) is 0 Å². The third-order valence-electron chi connectivity index (χ3n) is 2.47. The van der Waals surface area contributed by atoms with Gasteiger partial charge in [-0.25, -0.2) is 12.8 Å². The molecule has 0 saturated heterocycles. The van der Waals surface area contributed by atoms with Crippen LogP contribution in [-0.4, -0.2) is 40.2 Å². The number of hydrogen-bond acceptors (Lipinski definition) is 4. The smallest absolute Gasteiger partial charge is 0.221 e. The molecule has 2 N–H and O–H groups in total. The summed E-state index contributed by atoms with van der Waals surface area (Å²) in [5, 5.41) is 5.34. The van der Waals surface area contributed by atoms with E-state index in [1.54, 1.807) is 7.05 Å². The van der Waals surface area contributed by atoms with Crippen molar-refractivity contribution in [3.05, 3.63) is 30.1 Å². The molecule has 0 aliphatic heterocycles. The van der Waals surface area contributed by atoms with E-state index < -0.39 is 15.7 Å². The lowest BCUT2D eigenvalue weighted by Crippen LogP contribution is -2.30. The summed E-state index contributed by atoms with van der Waals surface area (Å²) in [4.78, 5) is 11.3. The molecule has 5 nitrogen and oxygen atoms in total. The SMILES string of the molecule is CNCCC(=O)NCCS(=O)(=O)c1ccc(F)cc1.Cl. The third-order valence-corrected chi connectivity index (χ3v) is 4.20. The van der Waals surface area contributed by atoms with Gasteiger partial charge in [-0.1, -0.05) is 0 Å². The van der Waals surface area contributed by atoms with Crippen LogP contribution in [0.3, 0.4) is 0 Å². The Kier molecular flexibility index (Phi) is 8.36. The van der Waals surface area contributed by atoms with Gasteiger partial charge in [0.15, 0.2) is 9.84 Å². The average molecular weight is 325 g/mol. The molecule has 0 aromatic heterocycles. The van der Waals surface area contributed by atoms with Crippen molar-refractivity contribution >= 4 is 28.2 Å². The molecule has 1 rings (SSSR count). The summed E-state index contributed by atoms with van der Waals surface area (Å²) in [6, 6.07) is 4.62. The van der Waals surface area contributed by atoms with Gasteiger partial charge in [0.1, 0.15) is 5.82 Å². The zero-order chi connectivity index (χ0) is 14.3. The normalized spacial score (nSPS) is 10.7. The first-order valence-electron chi connectivity index (χ1n) is 5.85. The number of hydrogen-bond donors (Lipinski definition) is 2. The summed E-state index contributed by atoms with van der Waals surface area (Å²) in [7, 11) is -1.76. The zero-order valence-corrected chi connectivity index (χ0v) is 12.7. The molecule has 0 fully saturated rings. The van der Waals surface area contributed by atoms with Crippen molar-refractivity contribution in [3.8, 4) is 0 Å². The quantitative estimate of drug-likeness (QED) is 0.726. The second-order valence-electron chi connectivity index (χ2n) is 3.98. The number of rotatable bonds is 7. The van der Waals surface area contributed by atoms with Gasteiger partial charge in [0.25, 0.3) is 0 Å². The maximum atomic E-state index is 12.7. The molecule has 114 valence electrons. The standard InChI is InChI=1S/C12H17FN2O3S.ClH/c1-14-7-6-12(16)15-8-9-19(17,18)11-4-2-10(13)3-5-11;/h2-5,14H,6-9H2,1H3,(H,15,16);1H. The predicted molar refractivity (Wildman–Crippen MR) is 77.3 cm³/mol. The third kappa shape index (κ3) is 6.31. The Hall–Kier alpha value is -1.18. The summed E-state index contributed by atoms with van der Waals surface area (Å²) in [5.74, 6) is -0.896. The largest absolute Gasteiger partial charge is 0.355 e. The maximum absolute atomic E-state index is 12.7. The first-order valence-corrected chi connectivity index (χ1v) is 7.50. The minimum Gasteiger partial charge on any atom is -0.355 e. The fourth-order valence-corrected chi connectivity index (χ4v) is 2.57. The number of nitrogens with one attached hydrogen (secondary N) is 2. The van der Waals surface area contributed by atoms with Crippen molar-refractivity contribution in [1.29, 1.82) is 0 Å². The van der Waals surface area contributed by atoms with Gasteiger partial charge in [-0.05, 0) is 31.3 Å². The maximum Gasteiger partial charge on any atom is 0.221 e. The monoisotopic (exact) mass is 324 g/mol. The minimum atomic E-state index is -3.49. The number of benzene rings is 1. The van der Waals surface area contributed by atoms with Crippen LogP contribution in [0.25, 0.3) is 0 Å².